The third-order valence-electron chi connectivity index (χ3n) is 5.07. The molecule has 1 fully saturated rings. The number of aromatic nitrogens is 1. The van der Waals surface area contributed by atoms with Crippen LogP contribution in [0.4, 0.5) is 9.52 Å². The largest absolute Gasteiger partial charge is 0.495 e. The number of nitrogens with zero attached hydrogens (tertiary/aromatic N) is 3. The maximum atomic E-state index is 13.0. The standard InChI is InChI=1S/C21H22FN3O3S/c1-27-16-7-8-17(28-2)20-19(16)23-21(29-20)25-11-9-24(10-12-25)18(26)13-14-3-5-15(22)6-4-14/h3-8H,9-13H2,1-2H3. The normalized spacial score (nSPS) is 14.3. The van der Waals surface area contributed by atoms with Crippen LogP contribution in [0, 0.1) is 5.82 Å². The minimum atomic E-state index is -0.293. The molecule has 1 amide bonds. The van der Waals surface area contributed by atoms with E-state index in [1.54, 1.807) is 37.7 Å². The van der Waals surface area contributed by atoms with E-state index in [1.165, 1.54) is 12.1 Å². The van der Waals surface area contributed by atoms with Crippen molar-refractivity contribution in [1.82, 2.24) is 9.88 Å². The van der Waals surface area contributed by atoms with E-state index < -0.39 is 0 Å². The van der Waals surface area contributed by atoms with Gasteiger partial charge >= 0.3 is 0 Å². The number of amides is 1. The number of halogens is 1. The van der Waals surface area contributed by atoms with Gasteiger partial charge in [-0.3, -0.25) is 4.79 Å². The molecule has 1 aromatic heterocycles. The highest BCUT2D eigenvalue weighted by Gasteiger charge is 2.24. The molecule has 29 heavy (non-hydrogen) atoms. The molecule has 0 unspecified atom stereocenters. The Bertz CT molecular complexity index is 973. The molecule has 0 bridgehead atoms. The molecule has 8 heteroatoms. The van der Waals surface area contributed by atoms with E-state index in [0.717, 1.165) is 32.4 Å². The van der Waals surface area contributed by atoms with Gasteiger partial charge in [0, 0.05) is 26.2 Å². The summed E-state index contributed by atoms with van der Waals surface area (Å²) in [5.74, 6) is 1.26. The molecule has 1 aliphatic rings. The van der Waals surface area contributed by atoms with Crippen LogP contribution in [0.15, 0.2) is 36.4 Å². The topological polar surface area (TPSA) is 54.9 Å². The lowest BCUT2D eigenvalue weighted by atomic mass is 10.1. The van der Waals surface area contributed by atoms with E-state index in [-0.39, 0.29) is 18.1 Å². The summed E-state index contributed by atoms with van der Waals surface area (Å²) in [6, 6.07) is 9.83. The minimum Gasteiger partial charge on any atom is -0.495 e. The maximum absolute atomic E-state index is 13.0. The molecule has 4 rings (SSSR count). The minimum absolute atomic E-state index is 0.0592. The molecule has 1 aliphatic heterocycles. The first-order chi connectivity index (χ1) is 14.1. The zero-order valence-corrected chi connectivity index (χ0v) is 17.2. The summed E-state index contributed by atoms with van der Waals surface area (Å²) >= 11 is 1.57. The third-order valence-corrected chi connectivity index (χ3v) is 6.20. The van der Waals surface area contributed by atoms with Gasteiger partial charge in [0.25, 0.3) is 0 Å². The van der Waals surface area contributed by atoms with Crippen LogP contribution < -0.4 is 14.4 Å². The van der Waals surface area contributed by atoms with Gasteiger partial charge in [0.15, 0.2) is 5.13 Å². The predicted octanol–water partition coefficient (Wildman–Crippen LogP) is 3.34. The Morgan fingerprint density at radius 2 is 1.69 bits per heavy atom. The highest BCUT2D eigenvalue weighted by atomic mass is 32.1. The number of rotatable bonds is 5. The van der Waals surface area contributed by atoms with Crippen molar-refractivity contribution in [2.45, 2.75) is 6.42 Å². The highest BCUT2D eigenvalue weighted by molar-refractivity contribution is 7.22. The lowest BCUT2D eigenvalue weighted by Crippen LogP contribution is -2.49. The van der Waals surface area contributed by atoms with Crippen LogP contribution in [-0.4, -0.2) is 56.2 Å². The summed E-state index contributed by atoms with van der Waals surface area (Å²) < 4.78 is 24.9. The molecule has 0 atom stereocenters. The molecular weight excluding hydrogens is 393 g/mol. The number of thiazole rings is 1. The molecular formula is C21H22FN3O3S. The molecule has 2 aromatic carbocycles. The summed E-state index contributed by atoms with van der Waals surface area (Å²) in [7, 11) is 3.28. The summed E-state index contributed by atoms with van der Waals surface area (Å²) in [6.45, 7) is 2.67. The maximum Gasteiger partial charge on any atom is 0.227 e. The Morgan fingerprint density at radius 1 is 1.03 bits per heavy atom. The van der Waals surface area contributed by atoms with Gasteiger partial charge in [0.1, 0.15) is 27.5 Å². The Morgan fingerprint density at radius 3 is 2.34 bits per heavy atom. The second-order valence-electron chi connectivity index (χ2n) is 6.82. The van der Waals surface area contributed by atoms with Gasteiger partial charge in [-0.1, -0.05) is 23.5 Å². The summed E-state index contributed by atoms with van der Waals surface area (Å²) in [6.07, 6.45) is 0.288. The molecule has 2 heterocycles. The number of hydrogen-bond acceptors (Lipinski definition) is 6. The van der Waals surface area contributed by atoms with E-state index in [4.69, 9.17) is 14.5 Å². The van der Waals surface area contributed by atoms with Crippen molar-refractivity contribution >= 4 is 32.6 Å². The van der Waals surface area contributed by atoms with Crippen LogP contribution in [0.5, 0.6) is 11.5 Å². The van der Waals surface area contributed by atoms with Crippen molar-refractivity contribution in [2.24, 2.45) is 0 Å². The van der Waals surface area contributed by atoms with Gasteiger partial charge in [-0.2, -0.15) is 0 Å². The van der Waals surface area contributed by atoms with Gasteiger partial charge in [-0.05, 0) is 29.8 Å². The van der Waals surface area contributed by atoms with Crippen molar-refractivity contribution in [3.63, 3.8) is 0 Å². The Balaban J connectivity index is 1.44. The lowest BCUT2D eigenvalue weighted by molar-refractivity contribution is -0.130. The first kappa shape index (κ1) is 19.4. The number of ether oxygens (including phenoxy) is 2. The number of fused-ring (bicyclic) bond motifs is 1. The fraction of sp³-hybridized carbons (Fsp3) is 0.333. The Labute approximate surface area is 172 Å². The fourth-order valence-corrected chi connectivity index (χ4v) is 4.57. The molecule has 1 saturated heterocycles. The molecule has 3 aromatic rings. The van der Waals surface area contributed by atoms with Gasteiger partial charge in [0.2, 0.25) is 5.91 Å². The average molecular weight is 415 g/mol. The lowest BCUT2D eigenvalue weighted by Gasteiger charge is -2.34. The summed E-state index contributed by atoms with van der Waals surface area (Å²) in [5.41, 5.74) is 1.62. The average Bonchev–Trinajstić information content (AvgIpc) is 3.20. The van der Waals surface area contributed by atoms with E-state index in [2.05, 4.69) is 4.90 Å². The van der Waals surface area contributed by atoms with Crippen molar-refractivity contribution in [2.75, 3.05) is 45.3 Å². The van der Waals surface area contributed by atoms with E-state index in [0.29, 0.717) is 26.2 Å². The SMILES string of the molecule is COc1ccc(OC)c2sc(N3CCN(C(=O)Cc4ccc(F)cc4)CC3)nc12. The van der Waals surface area contributed by atoms with Crippen molar-refractivity contribution in [1.29, 1.82) is 0 Å². The molecule has 0 spiro atoms. The second-order valence-corrected chi connectivity index (χ2v) is 7.79. The van der Waals surface area contributed by atoms with Crippen LogP contribution in [-0.2, 0) is 11.2 Å². The van der Waals surface area contributed by atoms with Crippen molar-refractivity contribution < 1.29 is 18.7 Å². The third kappa shape index (κ3) is 3.98. The second kappa shape index (κ2) is 8.24. The molecule has 0 radical (unpaired) electrons. The first-order valence-electron chi connectivity index (χ1n) is 9.37. The number of piperazine rings is 1. The monoisotopic (exact) mass is 415 g/mol. The predicted molar refractivity (Wildman–Crippen MR) is 112 cm³/mol. The number of carbonyl (C=O) groups is 1. The van der Waals surface area contributed by atoms with E-state index in [9.17, 15) is 9.18 Å². The number of anilines is 1. The van der Waals surface area contributed by atoms with E-state index in [1.807, 2.05) is 17.0 Å². The Hall–Kier alpha value is -2.87. The Kier molecular flexibility index (Phi) is 5.53. The van der Waals surface area contributed by atoms with Crippen LogP contribution in [0.1, 0.15) is 5.56 Å². The molecule has 0 aliphatic carbocycles. The van der Waals surface area contributed by atoms with Crippen molar-refractivity contribution in [3.05, 3.63) is 47.8 Å². The number of hydrogen-bond donors (Lipinski definition) is 0. The van der Waals surface area contributed by atoms with Crippen LogP contribution in [0.25, 0.3) is 10.2 Å². The highest BCUT2D eigenvalue weighted by Crippen LogP contribution is 2.40. The van der Waals surface area contributed by atoms with Crippen LogP contribution in [0.2, 0.25) is 0 Å². The fourth-order valence-electron chi connectivity index (χ4n) is 3.45. The zero-order chi connectivity index (χ0) is 20.4. The smallest absolute Gasteiger partial charge is 0.227 e. The molecule has 0 saturated carbocycles. The quantitative estimate of drug-likeness (QED) is 0.640. The van der Waals surface area contributed by atoms with Gasteiger partial charge in [-0.25, -0.2) is 9.37 Å². The van der Waals surface area contributed by atoms with E-state index >= 15 is 0 Å². The molecule has 6 nitrogen and oxygen atoms in total. The first-order valence-corrected chi connectivity index (χ1v) is 10.2. The summed E-state index contributed by atoms with van der Waals surface area (Å²) in [5, 5.41) is 0.897. The number of benzene rings is 2. The van der Waals surface area contributed by atoms with Gasteiger partial charge < -0.3 is 19.3 Å². The van der Waals surface area contributed by atoms with Crippen LogP contribution >= 0.6 is 11.3 Å². The van der Waals surface area contributed by atoms with Gasteiger partial charge in [0.05, 0.1) is 20.6 Å². The number of methoxy groups -OCH3 is 2. The summed E-state index contributed by atoms with van der Waals surface area (Å²) in [4.78, 5) is 21.4. The van der Waals surface area contributed by atoms with Crippen molar-refractivity contribution in [3.8, 4) is 11.5 Å². The molecule has 152 valence electrons. The number of carbonyl (C=O) groups excluding carboxylic acids is 1. The van der Waals surface area contributed by atoms with Crippen LogP contribution in [0.3, 0.4) is 0 Å². The zero-order valence-electron chi connectivity index (χ0n) is 16.4. The van der Waals surface area contributed by atoms with Gasteiger partial charge in [-0.15, -0.1) is 0 Å². The molecule has 0 N–H and O–H groups in total.